The van der Waals surface area contributed by atoms with Crippen LogP contribution in [0.4, 0.5) is 0 Å². The Hall–Kier alpha value is -0.590. The predicted molar refractivity (Wildman–Crippen MR) is 90.5 cm³/mol. The van der Waals surface area contributed by atoms with Gasteiger partial charge in [-0.05, 0) is 85.5 Å². The first kappa shape index (κ1) is 15.0. The van der Waals surface area contributed by atoms with Crippen molar-refractivity contribution in [2.75, 3.05) is 0 Å². The summed E-state index contributed by atoms with van der Waals surface area (Å²) in [6.07, 6.45) is 13.7. The van der Waals surface area contributed by atoms with Crippen LogP contribution >= 0.6 is 0 Å². The van der Waals surface area contributed by atoms with Crippen LogP contribution in [0.5, 0.6) is 0 Å². The van der Waals surface area contributed by atoms with Crippen molar-refractivity contribution in [2.45, 2.75) is 78.6 Å². The van der Waals surface area contributed by atoms with E-state index in [0.29, 0.717) is 16.6 Å². The van der Waals surface area contributed by atoms with Crippen molar-refractivity contribution in [3.8, 4) is 0 Å². The molecule has 0 amide bonds. The molecule has 0 N–H and O–H groups in total. The number of carbonyl (C=O) groups excluding carboxylic acids is 1. The van der Waals surface area contributed by atoms with Gasteiger partial charge in [0.1, 0.15) is 0 Å². The fraction of sp³-hybridized carbons (Fsp3) is 0.857. The predicted octanol–water partition coefficient (Wildman–Crippen LogP) is 5.54. The summed E-state index contributed by atoms with van der Waals surface area (Å²) in [5.41, 5.74) is 2.49. The molecule has 0 aromatic rings. The molecule has 0 spiro atoms. The third kappa shape index (κ3) is 1.86. The Kier molecular flexibility index (Phi) is 3.37. The molecule has 0 radical (unpaired) electrons. The van der Waals surface area contributed by atoms with Crippen molar-refractivity contribution < 1.29 is 4.79 Å². The van der Waals surface area contributed by atoms with Gasteiger partial charge in [-0.2, -0.15) is 0 Å². The van der Waals surface area contributed by atoms with Crippen molar-refractivity contribution >= 4 is 5.78 Å². The largest absolute Gasteiger partial charge is 0.295 e. The minimum atomic E-state index is 0.350. The van der Waals surface area contributed by atoms with Crippen LogP contribution in [0.3, 0.4) is 0 Å². The number of hydrogen-bond acceptors (Lipinski definition) is 1. The quantitative estimate of drug-likeness (QED) is 0.621. The van der Waals surface area contributed by atoms with Gasteiger partial charge >= 0.3 is 0 Å². The molecular formula is C21H32O. The van der Waals surface area contributed by atoms with Crippen molar-refractivity contribution in [3.05, 3.63) is 11.6 Å². The topological polar surface area (TPSA) is 17.1 Å². The molecule has 22 heavy (non-hydrogen) atoms. The Morgan fingerprint density at radius 2 is 1.86 bits per heavy atom. The van der Waals surface area contributed by atoms with E-state index in [-0.39, 0.29) is 0 Å². The molecule has 1 nitrogen and oxygen atoms in total. The molecule has 0 aliphatic heterocycles. The minimum Gasteiger partial charge on any atom is -0.295 e. The average molecular weight is 300 g/mol. The number of rotatable bonds is 1. The van der Waals surface area contributed by atoms with Crippen LogP contribution in [0.15, 0.2) is 11.6 Å². The number of carbonyl (C=O) groups is 1. The minimum absolute atomic E-state index is 0.350. The molecule has 0 aromatic heterocycles. The van der Waals surface area contributed by atoms with Gasteiger partial charge in [0.05, 0.1) is 0 Å². The van der Waals surface area contributed by atoms with E-state index in [4.69, 9.17) is 0 Å². The van der Waals surface area contributed by atoms with Gasteiger partial charge in [-0.1, -0.05) is 32.8 Å². The zero-order valence-electron chi connectivity index (χ0n) is 14.7. The van der Waals surface area contributed by atoms with E-state index in [9.17, 15) is 4.79 Å². The zero-order valence-corrected chi connectivity index (χ0v) is 14.7. The van der Waals surface area contributed by atoms with E-state index < -0.39 is 0 Å². The van der Waals surface area contributed by atoms with E-state index in [2.05, 4.69) is 20.8 Å². The van der Waals surface area contributed by atoms with Crippen LogP contribution in [0.25, 0.3) is 0 Å². The van der Waals surface area contributed by atoms with Crippen LogP contribution in [-0.4, -0.2) is 5.78 Å². The van der Waals surface area contributed by atoms with Gasteiger partial charge < -0.3 is 0 Å². The molecule has 4 aliphatic rings. The second kappa shape index (κ2) is 4.95. The molecule has 0 aromatic carbocycles. The zero-order chi connectivity index (χ0) is 15.5. The first-order valence-corrected chi connectivity index (χ1v) is 9.73. The fourth-order valence-electron chi connectivity index (χ4n) is 7.34. The normalized spacial score (nSPS) is 50.9. The highest BCUT2D eigenvalue weighted by molar-refractivity contribution is 5.91. The summed E-state index contributed by atoms with van der Waals surface area (Å²) in [5, 5.41) is 0. The highest BCUT2D eigenvalue weighted by Gasteiger charge is 2.58. The van der Waals surface area contributed by atoms with Gasteiger partial charge in [-0.15, -0.1) is 0 Å². The summed E-state index contributed by atoms with van der Waals surface area (Å²) in [6, 6.07) is 0. The Morgan fingerprint density at radius 1 is 1.05 bits per heavy atom. The molecule has 3 saturated carbocycles. The Labute approximate surface area is 135 Å². The van der Waals surface area contributed by atoms with E-state index >= 15 is 0 Å². The summed E-state index contributed by atoms with van der Waals surface area (Å²) in [4.78, 5) is 11.9. The molecule has 0 heterocycles. The Balaban J connectivity index is 1.67. The Morgan fingerprint density at radius 3 is 2.64 bits per heavy atom. The lowest BCUT2D eigenvalue weighted by molar-refractivity contribution is -0.117. The second-order valence-corrected chi connectivity index (χ2v) is 9.20. The van der Waals surface area contributed by atoms with Crippen LogP contribution < -0.4 is 0 Å². The number of ketones is 1. The fourth-order valence-corrected chi connectivity index (χ4v) is 7.34. The summed E-state index contributed by atoms with van der Waals surface area (Å²) < 4.78 is 0. The van der Waals surface area contributed by atoms with Gasteiger partial charge in [0.15, 0.2) is 5.78 Å². The van der Waals surface area contributed by atoms with Crippen LogP contribution in [0.2, 0.25) is 0 Å². The SMILES string of the molecule is CC[C@H]1CC[C@H]2[C@@H]3CCC4=CC(=O)CC[C@]4(C)[C@H]3CC[C@]12C. The van der Waals surface area contributed by atoms with Gasteiger partial charge in [0.25, 0.3) is 0 Å². The van der Waals surface area contributed by atoms with Crippen molar-refractivity contribution in [2.24, 2.45) is 34.5 Å². The van der Waals surface area contributed by atoms with Gasteiger partial charge in [-0.3, -0.25) is 4.79 Å². The first-order valence-electron chi connectivity index (χ1n) is 9.73. The molecule has 0 saturated heterocycles. The maximum absolute atomic E-state index is 11.9. The molecule has 6 atom stereocenters. The molecule has 0 unspecified atom stereocenters. The lowest BCUT2D eigenvalue weighted by Crippen LogP contribution is -2.50. The molecule has 122 valence electrons. The van der Waals surface area contributed by atoms with Crippen LogP contribution in [0, 0.1) is 34.5 Å². The van der Waals surface area contributed by atoms with E-state index in [1.807, 2.05) is 6.08 Å². The molecular weight excluding hydrogens is 268 g/mol. The lowest BCUT2D eigenvalue weighted by atomic mass is 9.47. The molecule has 4 rings (SSSR count). The van der Waals surface area contributed by atoms with E-state index in [1.165, 1.54) is 50.5 Å². The number of fused-ring (bicyclic) bond motifs is 5. The molecule has 3 fully saturated rings. The summed E-state index contributed by atoms with van der Waals surface area (Å²) in [5.74, 6) is 4.11. The smallest absolute Gasteiger partial charge is 0.155 e. The Bertz CT molecular complexity index is 518. The van der Waals surface area contributed by atoms with Crippen LogP contribution in [0.1, 0.15) is 78.6 Å². The monoisotopic (exact) mass is 300 g/mol. The number of hydrogen-bond donors (Lipinski definition) is 0. The van der Waals surface area contributed by atoms with Gasteiger partial charge in [0, 0.05) is 6.42 Å². The summed E-state index contributed by atoms with van der Waals surface area (Å²) in [6.45, 7) is 7.52. The van der Waals surface area contributed by atoms with Crippen molar-refractivity contribution in [3.63, 3.8) is 0 Å². The summed E-state index contributed by atoms with van der Waals surface area (Å²) >= 11 is 0. The highest BCUT2D eigenvalue weighted by Crippen LogP contribution is 2.66. The van der Waals surface area contributed by atoms with E-state index in [0.717, 1.165) is 36.5 Å². The van der Waals surface area contributed by atoms with Gasteiger partial charge in [0.2, 0.25) is 0 Å². The van der Waals surface area contributed by atoms with E-state index in [1.54, 1.807) is 0 Å². The third-order valence-electron chi connectivity index (χ3n) is 8.65. The maximum atomic E-state index is 11.9. The molecule has 1 heteroatoms. The lowest BCUT2D eigenvalue weighted by Gasteiger charge is -2.58. The standard InChI is InChI=1S/C21H32O/c1-4-14-6-8-18-17-7-5-15-13-16(22)9-11-21(15,3)19(17)10-12-20(14,18)2/h13-14,17-19H,4-12H2,1-3H3/t14-,17-,18-,19-,20+,21-/m0/s1. The summed E-state index contributed by atoms with van der Waals surface area (Å²) in [7, 11) is 0. The average Bonchev–Trinajstić information content (AvgIpc) is 2.84. The van der Waals surface area contributed by atoms with Crippen LogP contribution in [-0.2, 0) is 4.79 Å². The number of allylic oxidation sites excluding steroid dienone is 1. The van der Waals surface area contributed by atoms with Crippen molar-refractivity contribution in [1.82, 2.24) is 0 Å². The van der Waals surface area contributed by atoms with Gasteiger partial charge in [-0.25, -0.2) is 0 Å². The third-order valence-corrected chi connectivity index (χ3v) is 8.65. The maximum Gasteiger partial charge on any atom is 0.155 e. The molecule has 0 bridgehead atoms. The second-order valence-electron chi connectivity index (χ2n) is 9.20. The first-order chi connectivity index (χ1) is 10.5. The van der Waals surface area contributed by atoms with Crippen molar-refractivity contribution in [1.29, 1.82) is 0 Å². The molecule has 4 aliphatic carbocycles. The highest BCUT2D eigenvalue weighted by atomic mass is 16.1.